The molecule has 0 unspecified atom stereocenters. The Morgan fingerprint density at radius 3 is 2.15 bits per heavy atom. The molecule has 26 heavy (non-hydrogen) atoms. The van der Waals surface area contributed by atoms with E-state index in [0.29, 0.717) is 0 Å². The lowest BCUT2D eigenvalue weighted by Crippen LogP contribution is -2.41. The summed E-state index contributed by atoms with van der Waals surface area (Å²) in [7, 11) is 2.42. The summed E-state index contributed by atoms with van der Waals surface area (Å²) in [6.45, 7) is 5.09. The molecule has 1 aromatic rings. The Kier molecular flexibility index (Phi) is 4.83. The van der Waals surface area contributed by atoms with Crippen molar-refractivity contribution in [3.05, 3.63) is 35.4 Å². The highest BCUT2D eigenvalue weighted by molar-refractivity contribution is 5.27. The molecule has 0 N–H and O–H groups in total. The van der Waals surface area contributed by atoms with E-state index in [1.54, 1.807) is 5.56 Å². The van der Waals surface area contributed by atoms with Crippen LogP contribution in [-0.2, 0) is 6.54 Å². The minimum atomic E-state index is 0.828. The van der Waals surface area contributed by atoms with Crippen molar-refractivity contribution < 1.29 is 0 Å². The largest absolute Gasteiger partial charge is 0.303 e. The lowest BCUT2D eigenvalue weighted by atomic mass is 9.71. The molecular formula is C24H36N2. The lowest BCUT2D eigenvalue weighted by molar-refractivity contribution is 0.123. The molecule has 4 fully saturated rings. The first-order valence-corrected chi connectivity index (χ1v) is 11.3. The van der Waals surface area contributed by atoms with Crippen molar-refractivity contribution in [2.75, 3.05) is 26.7 Å². The highest BCUT2D eigenvalue weighted by atomic mass is 15.2. The number of rotatable bonds is 8. The van der Waals surface area contributed by atoms with E-state index < -0.39 is 0 Å². The molecule has 4 aliphatic rings. The second-order valence-electron chi connectivity index (χ2n) is 9.86. The van der Waals surface area contributed by atoms with Crippen LogP contribution in [0.4, 0.5) is 0 Å². The van der Waals surface area contributed by atoms with Gasteiger partial charge >= 0.3 is 0 Å². The van der Waals surface area contributed by atoms with E-state index in [0.717, 1.165) is 36.3 Å². The number of hydrogen-bond acceptors (Lipinski definition) is 2. The van der Waals surface area contributed by atoms with Crippen LogP contribution in [0.3, 0.4) is 0 Å². The summed E-state index contributed by atoms with van der Waals surface area (Å²) < 4.78 is 0. The van der Waals surface area contributed by atoms with Crippen LogP contribution in [0, 0.1) is 17.8 Å². The van der Waals surface area contributed by atoms with Crippen molar-refractivity contribution in [2.24, 2.45) is 17.8 Å². The van der Waals surface area contributed by atoms with Crippen molar-refractivity contribution in [2.45, 2.75) is 69.9 Å². The average Bonchev–Trinajstić information content (AvgIpc) is 3.54. The molecule has 1 aromatic carbocycles. The summed E-state index contributed by atoms with van der Waals surface area (Å²) in [5.74, 6) is 3.86. The Morgan fingerprint density at radius 2 is 1.58 bits per heavy atom. The van der Waals surface area contributed by atoms with Crippen molar-refractivity contribution in [3.63, 3.8) is 0 Å². The Morgan fingerprint density at radius 1 is 0.962 bits per heavy atom. The molecule has 2 heteroatoms. The van der Waals surface area contributed by atoms with Gasteiger partial charge in [-0.25, -0.2) is 0 Å². The quantitative estimate of drug-likeness (QED) is 0.657. The van der Waals surface area contributed by atoms with Crippen LogP contribution >= 0.6 is 0 Å². The van der Waals surface area contributed by atoms with Crippen LogP contribution in [0.1, 0.15) is 68.4 Å². The summed E-state index contributed by atoms with van der Waals surface area (Å²) in [6, 6.07) is 10.6. The fourth-order valence-electron chi connectivity index (χ4n) is 5.76. The van der Waals surface area contributed by atoms with Crippen molar-refractivity contribution in [1.82, 2.24) is 9.80 Å². The maximum atomic E-state index is 2.76. The third-order valence-electron chi connectivity index (χ3n) is 7.56. The molecule has 3 aliphatic carbocycles. The van der Waals surface area contributed by atoms with E-state index in [4.69, 9.17) is 0 Å². The van der Waals surface area contributed by atoms with Gasteiger partial charge in [-0.05, 0) is 106 Å². The monoisotopic (exact) mass is 352 g/mol. The highest BCUT2D eigenvalue weighted by Gasteiger charge is 2.44. The maximum absolute atomic E-state index is 2.76. The van der Waals surface area contributed by atoms with E-state index in [2.05, 4.69) is 41.1 Å². The molecule has 2 nitrogen and oxygen atoms in total. The molecule has 0 spiro atoms. The first-order chi connectivity index (χ1) is 12.8. The zero-order chi connectivity index (χ0) is 17.5. The number of nitrogens with zero attached hydrogens (tertiary/aromatic N) is 2. The summed E-state index contributed by atoms with van der Waals surface area (Å²) >= 11 is 0. The van der Waals surface area contributed by atoms with E-state index in [1.807, 2.05) is 0 Å². The van der Waals surface area contributed by atoms with Crippen molar-refractivity contribution in [3.8, 4) is 0 Å². The van der Waals surface area contributed by atoms with E-state index in [1.165, 1.54) is 76.6 Å². The molecule has 0 radical (unpaired) electrons. The van der Waals surface area contributed by atoms with Gasteiger partial charge in [0.25, 0.3) is 0 Å². The normalized spacial score (nSPS) is 29.5. The van der Waals surface area contributed by atoms with Crippen LogP contribution in [0.5, 0.6) is 0 Å². The van der Waals surface area contributed by atoms with Gasteiger partial charge in [-0.1, -0.05) is 24.3 Å². The molecular weight excluding hydrogens is 316 g/mol. The smallest absolute Gasteiger partial charge is 0.0233 e. The Hall–Kier alpha value is -0.860. The Labute approximate surface area is 159 Å². The second-order valence-corrected chi connectivity index (χ2v) is 9.86. The predicted octanol–water partition coefficient (Wildman–Crippen LogP) is 4.90. The maximum Gasteiger partial charge on any atom is 0.0233 e. The fourth-order valence-corrected chi connectivity index (χ4v) is 5.76. The predicted molar refractivity (Wildman–Crippen MR) is 108 cm³/mol. The van der Waals surface area contributed by atoms with Gasteiger partial charge in [-0.2, -0.15) is 0 Å². The lowest BCUT2D eigenvalue weighted by Gasteiger charge is -2.40. The average molecular weight is 353 g/mol. The van der Waals surface area contributed by atoms with Crippen LogP contribution in [0.2, 0.25) is 0 Å². The summed E-state index contributed by atoms with van der Waals surface area (Å²) in [4.78, 5) is 5.36. The third-order valence-corrected chi connectivity index (χ3v) is 7.56. The Balaban J connectivity index is 1.09. The van der Waals surface area contributed by atoms with Crippen LogP contribution in [0.25, 0.3) is 0 Å². The zero-order valence-corrected chi connectivity index (χ0v) is 16.6. The van der Waals surface area contributed by atoms with E-state index in [-0.39, 0.29) is 0 Å². The van der Waals surface area contributed by atoms with Gasteiger partial charge < -0.3 is 4.90 Å². The minimum Gasteiger partial charge on any atom is -0.303 e. The number of benzene rings is 1. The molecule has 0 atom stereocenters. The fraction of sp³-hybridized carbons (Fsp3) is 0.750. The van der Waals surface area contributed by atoms with E-state index in [9.17, 15) is 0 Å². The second kappa shape index (κ2) is 7.28. The molecule has 0 aromatic heterocycles. The Bertz CT molecular complexity index is 577. The molecule has 1 saturated heterocycles. The van der Waals surface area contributed by atoms with Gasteiger partial charge in [0, 0.05) is 19.1 Å². The van der Waals surface area contributed by atoms with Gasteiger partial charge in [0.15, 0.2) is 0 Å². The van der Waals surface area contributed by atoms with Gasteiger partial charge in [0.1, 0.15) is 0 Å². The van der Waals surface area contributed by atoms with Crippen LogP contribution in [-0.4, -0.2) is 42.5 Å². The zero-order valence-electron chi connectivity index (χ0n) is 16.6. The van der Waals surface area contributed by atoms with Crippen LogP contribution in [0.15, 0.2) is 24.3 Å². The summed E-state index contributed by atoms with van der Waals surface area (Å²) in [6.07, 6.45) is 11.6. The molecule has 0 amide bonds. The first kappa shape index (κ1) is 17.3. The van der Waals surface area contributed by atoms with Gasteiger partial charge in [0.2, 0.25) is 0 Å². The molecule has 1 aliphatic heterocycles. The summed E-state index contributed by atoms with van der Waals surface area (Å²) in [5.41, 5.74) is 3.10. The first-order valence-electron chi connectivity index (χ1n) is 11.3. The SMILES string of the molecule is CN(C[C@H]1C[C@H](c2ccc(CN3CCCC3)cc2)C1)C(C1CC1)C1CC1. The molecule has 1 heterocycles. The van der Waals surface area contributed by atoms with Crippen molar-refractivity contribution >= 4 is 0 Å². The van der Waals surface area contributed by atoms with E-state index >= 15 is 0 Å². The van der Waals surface area contributed by atoms with Gasteiger partial charge in [-0.3, -0.25) is 4.90 Å². The molecule has 5 rings (SSSR count). The van der Waals surface area contributed by atoms with Gasteiger partial charge in [0.05, 0.1) is 0 Å². The molecule has 142 valence electrons. The standard InChI is InChI=1S/C24H36N2/c1-25(24(21-8-9-21)22-10-11-22)16-19-14-23(15-19)20-6-4-18(5-7-20)17-26-12-2-3-13-26/h4-7,19,21-24H,2-3,8-17H2,1H3/t19-,23-. The van der Waals surface area contributed by atoms with Crippen molar-refractivity contribution in [1.29, 1.82) is 0 Å². The molecule has 0 bridgehead atoms. The molecule has 3 saturated carbocycles. The minimum absolute atomic E-state index is 0.828. The highest BCUT2D eigenvalue weighted by Crippen LogP contribution is 2.48. The number of likely N-dealkylation sites (tertiary alicyclic amines) is 1. The van der Waals surface area contributed by atoms with Crippen LogP contribution < -0.4 is 0 Å². The van der Waals surface area contributed by atoms with Gasteiger partial charge in [-0.15, -0.1) is 0 Å². The topological polar surface area (TPSA) is 6.48 Å². The summed E-state index contributed by atoms with van der Waals surface area (Å²) in [5, 5.41) is 0. The third kappa shape index (κ3) is 3.87. The number of hydrogen-bond donors (Lipinski definition) is 0.